The number of benzene rings is 2. The Morgan fingerprint density at radius 3 is 2.43 bits per heavy atom. The molecule has 0 bridgehead atoms. The van der Waals surface area contributed by atoms with Crippen LogP contribution in [0.2, 0.25) is 0 Å². The molecule has 42 heavy (non-hydrogen) atoms. The molecular weight excluding hydrogens is 545 g/mol. The second-order valence-electron chi connectivity index (χ2n) is 11.1. The molecule has 0 saturated heterocycles. The molecule has 2 aromatic carbocycles. The number of carbonyl (C=O) groups excluding carboxylic acids is 1. The van der Waals surface area contributed by atoms with Gasteiger partial charge in [-0.05, 0) is 64.6 Å². The van der Waals surface area contributed by atoms with E-state index >= 15 is 4.39 Å². The van der Waals surface area contributed by atoms with Crippen LogP contribution in [0, 0.1) is 17.2 Å². The monoisotopic (exact) mass is 589 g/mol. The minimum atomic E-state index is -0.440. The van der Waals surface area contributed by atoms with Crippen LogP contribution in [0.15, 0.2) is 78.5 Å². The Hall–Kier alpha value is -3.91. The number of nitrogens with one attached hydrogen (secondary N) is 1. The van der Waals surface area contributed by atoms with E-state index in [9.17, 15) is 4.79 Å². The number of anilines is 3. The maximum Gasteiger partial charge on any atom is 0.227 e. The van der Waals surface area contributed by atoms with Gasteiger partial charge in [-0.1, -0.05) is 72.5 Å². The van der Waals surface area contributed by atoms with E-state index in [1.807, 2.05) is 37.2 Å². The van der Waals surface area contributed by atoms with Crippen LogP contribution in [0.25, 0.3) is 10.5 Å². The van der Waals surface area contributed by atoms with E-state index in [-0.39, 0.29) is 30.2 Å². The largest absolute Gasteiger partial charge is 0.396 e. The summed E-state index contributed by atoms with van der Waals surface area (Å²) in [6.07, 6.45) is 5.72. The van der Waals surface area contributed by atoms with Gasteiger partial charge in [-0.2, -0.15) is 0 Å². The van der Waals surface area contributed by atoms with Crippen molar-refractivity contribution in [1.29, 1.82) is 0 Å². The first-order chi connectivity index (χ1) is 19.3. The average Bonchev–Trinajstić information content (AvgIpc) is 2.93. The summed E-state index contributed by atoms with van der Waals surface area (Å²) in [5.74, 6) is -0.129. The SMILES string of the molecule is C.C=C(S/C(=C(/c1cccc(N)c1F)C(C)CC)c1ccnc(Nc2ccc(C(=O)/C=C/N(C)C)cc2)n1)C(C)(C)C. The third-order valence-corrected chi connectivity index (χ3v) is 8.06. The van der Waals surface area contributed by atoms with Gasteiger partial charge in [0.25, 0.3) is 0 Å². The van der Waals surface area contributed by atoms with Gasteiger partial charge in [-0.15, -0.1) is 0 Å². The lowest BCUT2D eigenvalue weighted by Gasteiger charge is -2.26. The zero-order valence-electron chi connectivity index (χ0n) is 25.0. The van der Waals surface area contributed by atoms with Gasteiger partial charge >= 0.3 is 0 Å². The second kappa shape index (κ2) is 14.8. The number of allylic oxidation sites excluding steroid dienone is 3. The predicted octanol–water partition coefficient (Wildman–Crippen LogP) is 9.04. The number of hydrogen-bond acceptors (Lipinski definition) is 7. The highest BCUT2D eigenvalue weighted by Gasteiger charge is 2.26. The third-order valence-electron chi connectivity index (χ3n) is 6.57. The van der Waals surface area contributed by atoms with Crippen LogP contribution in [0.1, 0.15) is 70.1 Å². The smallest absolute Gasteiger partial charge is 0.227 e. The average molecular weight is 590 g/mol. The first-order valence-electron chi connectivity index (χ1n) is 13.6. The van der Waals surface area contributed by atoms with Gasteiger partial charge in [-0.3, -0.25) is 4.79 Å². The fraction of sp³-hybridized carbons (Fsp3) is 0.324. The lowest BCUT2D eigenvalue weighted by atomic mass is 9.90. The normalized spacial score (nSPS) is 12.8. The zero-order valence-corrected chi connectivity index (χ0v) is 25.8. The highest BCUT2D eigenvalue weighted by atomic mass is 32.2. The molecule has 224 valence electrons. The fourth-order valence-corrected chi connectivity index (χ4v) is 4.99. The molecule has 0 aliphatic carbocycles. The molecule has 1 unspecified atom stereocenters. The number of nitrogens with zero attached hydrogens (tertiary/aromatic N) is 3. The van der Waals surface area contributed by atoms with Crippen molar-refractivity contribution in [2.24, 2.45) is 11.3 Å². The van der Waals surface area contributed by atoms with E-state index in [2.05, 4.69) is 51.5 Å². The summed E-state index contributed by atoms with van der Waals surface area (Å²) in [5.41, 5.74) is 9.14. The second-order valence-corrected chi connectivity index (χ2v) is 12.3. The predicted molar refractivity (Wildman–Crippen MR) is 179 cm³/mol. The molecule has 0 saturated carbocycles. The minimum absolute atomic E-state index is 0. The maximum absolute atomic E-state index is 15.5. The molecule has 0 aliphatic heterocycles. The molecule has 1 aromatic heterocycles. The van der Waals surface area contributed by atoms with Crippen molar-refractivity contribution < 1.29 is 9.18 Å². The van der Waals surface area contributed by atoms with Crippen LogP contribution in [0.4, 0.5) is 21.7 Å². The molecule has 6 nitrogen and oxygen atoms in total. The van der Waals surface area contributed by atoms with Crippen molar-refractivity contribution >= 4 is 45.3 Å². The van der Waals surface area contributed by atoms with Crippen molar-refractivity contribution in [1.82, 2.24) is 14.9 Å². The summed E-state index contributed by atoms with van der Waals surface area (Å²) in [5, 5.41) is 3.23. The van der Waals surface area contributed by atoms with Crippen molar-refractivity contribution in [2.75, 3.05) is 25.1 Å². The first-order valence-corrected chi connectivity index (χ1v) is 14.4. The molecule has 0 amide bonds. The van der Waals surface area contributed by atoms with Gasteiger partial charge in [0.1, 0.15) is 0 Å². The van der Waals surface area contributed by atoms with Gasteiger partial charge in [0.15, 0.2) is 11.6 Å². The van der Waals surface area contributed by atoms with Crippen LogP contribution in [-0.4, -0.2) is 34.7 Å². The van der Waals surface area contributed by atoms with Crippen LogP contribution in [-0.2, 0) is 0 Å². The van der Waals surface area contributed by atoms with Gasteiger partial charge < -0.3 is 16.0 Å². The molecule has 3 rings (SSSR count). The topological polar surface area (TPSA) is 84.1 Å². The van der Waals surface area contributed by atoms with E-state index in [0.717, 1.165) is 27.5 Å². The third kappa shape index (κ3) is 8.79. The number of aromatic nitrogens is 2. The van der Waals surface area contributed by atoms with E-state index < -0.39 is 5.82 Å². The Morgan fingerprint density at radius 2 is 1.83 bits per heavy atom. The molecule has 0 aliphatic rings. The van der Waals surface area contributed by atoms with E-state index in [1.165, 1.54) is 17.8 Å². The van der Waals surface area contributed by atoms with Gasteiger partial charge in [-0.25, -0.2) is 14.4 Å². The first kappa shape index (κ1) is 34.3. The van der Waals surface area contributed by atoms with E-state index in [0.29, 0.717) is 22.8 Å². The number of thioether (sulfide) groups is 1. The quantitative estimate of drug-likeness (QED) is 0.131. The van der Waals surface area contributed by atoms with E-state index in [1.54, 1.807) is 42.7 Å². The molecule has 0 fully saturated rings. The van der Waals surface area contributed by atoms with Crippen molar-refractivity contribution in [2.45, 2.75) is 48.5 Å². The fourth-order valence-electron chi connectivity index (χ4n) is 3.80. The lowest BCUT2D eigenvalue weighted by Crippen LogP contribution is -2.09. The van der Waals surface area contributed by atoms with Crippen molar-refractivity contribution in [3.05, 3.63) is 101 Å². The molecule has 3 N–H and O–H groups in total. The summed E-state index contributed by atoms with van der Waals surface area (Å²) in [6.45, 7) is 14.8. The number of halogens is 1. The summed E-state index contributed by atoms with van der Waals surface area (Å²) in [4.78, 5) is 25.2. The summed E-state index contributed by atoms with van der Waals surface area (Å²) >= 11 is 1.50. The Kier molecular flexibility index (Phi) is 12.1. The van der Waals surface area contributed by atoms with Crippen molar-refractivity contribution in [3.63, 3.8) is 0 Å². The van der Waals surface area contributed by atoms with Gasteiger partial charge in [0.05, 0.1) is 11.4 Å². The maximum atomic E-state index is 15.5. The van der Waals surface area contributed by atoms with E-state index in [4.69, 9.17) is 10.7 Å². The van der Waals surface area contributed by atoms with Crippen LogP contribution < -0.4 is 11.1 Å². The van der Waals surface area contributed by atoms with Crippen molar-refractivity contribution in [3.8, 4) is 0 Å². The van der Waals surface area contributed by atoms with Gasteiger partial charge in [0.2, 0.25) is 5.95 Å². The highest BCUT2D eigenvalue weighted by molar-refractivity contribution is 8.12. The molecule has 0 radical (unpaired) electrons. The van der Waals surface area contributed by atoms with Crippen LogP contribution >= 0.6 is 11.8 Å². The number of nitrogen functional groups attached to an aromatic ring is 1. The summed E-state index contributed by atoms with van der Waals surface area (Å²) < 4.78 is 15.5. The molecule has 0 spiro atoms. The standard InChI is InChI=1S/C33H40FN5OS.CH4/c1-9-21(2)29(25-11-10-12-26(35)30(25)34)31(41-22(3)33(4,5)6)27-17-19-36-32(38-27)37-24-15-13-23(14-16-24)28(40)18-20-39(7)8;/h10-21H,3,9,35H2,1-2,4-8H3,(H,36,37,38);1H4/b20-18+,31-29+;. The Morgan fingerprint density at radius 1 is 1.17 bits per heavy atom. The number of rotatable bonds is 11. The molecule has 1 atom stereocenters. The zero-order chi connectivity index (χ0) is 30.3. The molecule has 1 heterocycles. The number of carbonyl (C=O) groups is 1. The molecular formula is C34H44FN5OS. The highest BCUT2D eigenvalue weighted by Crippen LogP contribution is 2.47. The van der Waals surface area contributed by atoms with Crippen LogP contribution in [0.5, 0.6) is 0 Å². The minimum Gasteiger partial charge on any atom is -0.396 e. The number of hydrogen-bond donors (Lipinski definition) is 2. The Balaban J connectivity index is 0.00000616. The summed E-state index contributed by atoms with van der Waals surface area (Å²) in [7, 11) is 3.72. The number of ketones is 1. The number of nitrogens with two attached hydrogens (primary N) is 1. The van der Waals surface area contributed by atoms with Gasteiger partial charge in [0, 0.05) is 54.3 Å². The lowest BCUT2D eigenvalue weighted by molar-refractivity contribution is 0.104. The molecule has 8 heteroatoms. The Labute approximate surface area is 255 Å². The summed E-state index contributed by atoms with van der Waals surface area (Å²) in [6, 6.07) is 14.1. The molecule has 3 aromatic rings. The Bertz CT molecular complexity index is 1460. The van der Waals surface area contributed by atoms with Crippen LogP contribution in [0.3, 0.4) is 0 Å².